The Labute approximate surface area is 159 Å². The second-order valence-electron chi connectivity index (χ2n) is 5.39. The number of anilines is 1. The van der Waals surface area contributed by atoms with Crippen molar-refractivity contribution >= 4 is 46.1 Å². The van der Waals surface area contributed by atoms with E-state index in [1.807, 2.05) is 0 Å². The van der Waals surface area contributed by atoms with Crippen LogP contribution in [0.3, 0.4) is 0 Å². The lowest BCUT2D eigenvalue weighted by Crippen LogP contribution is -2.28. The predicted molar refractivity (Wildman–Crippen MR) is 102 cm³/mol. The summed E-state index contributed by atoms with van der Waals surface area (Å²) in [6, 6.07) is 12.0. The highest BCUT2D eigenvalue weighted by atomic mass is 35.5. The number of hydrogen-bond donors (Lipinski definition) is 1. The van der Waals surface area contributed by atoms with Gasteiger partial charge in [-0.2, -0.15) is 0 Å². The van der Waals surface area contributed by atoms with Crippen LogP contribution in [0.5, 0.6) is 0 Å². The van der Waals surface area contributed by atoms with Crippen LogP contribution in [-0.4, -0.2) is 22.3 Å². The molecule has 0 unspecified atom stereocenters. The highest BCUT2D eigenvalue weighted by Gasteiger charge is 2.16. The van der Waals surface area contributed by atoms with Crippen LogP contribution in [0, 0.1) is 0 Å². The Hall–Kier alpha value is -2.57. The highest BCUT2D eigenvalue weighted by molar-refractivity contribution is 6.36. The molecule has 0 fully saturated rings. The summed E-state index contributed by atoms with van der Waals surface area (Å²) in [6.07, 6.45) is -0.700. The third kappa shape index (κ3) is 3.66. The molecule has 8 heteroatoms. The van der Waals surface area contributed by atoms with E-state index in [0.717, 1.165) is 0 Å². The fourth-order valence-electron chi connectivity index (χ4n) is 2.51. The molecule has 1 aromatic heterocycles. The molecule has 3 aromatic rings. The van der Waals surface area contributed by atoms with Crippen LogP contribution in [0.25, 0.3) is 10.9 Å². The summed E-state index contributed by atoms with van der Waals surface area (Å²) in [4.78, 5) is 29.2. The fourth-order valence-corrected chi connectivity index (χ4v) is 3.03. The van der Waals surface area contributed by atoms with Crippen molar-refractivity contribution in [2.75, 3.05) is 11.9 Å². The van der Waals surface area contributed by atoms with Gasteiger partial charge in [0.2, 0.25) is 5.95 Å². The number of nitrogens with zero attached hydrogens (tertiary/aromatic N) is 2. The number of halogens is 2. The Morgan fingerprint density at radius 1 is 1.15 bits per heavy atom. The van der Waals surface area contributed by atoms with Gasteiger partial charge < -0.3 is 4.74 Å². The average Bonchev–Trinajstić information content (AvgIpc) is 2.61. The molecular formula is C18H15Cl2N3O3. The van der Waals surface area contributed by atoms with Crippen molar-refractivity contribution in [3.63, 3.8) is 0 Å². The first-order valence-electron chi connectivity index (χ1n) is 7.87. The molecule has 0 aliphatic heterocycles. The lowest BCUT2D eigenvalue weighted by molar-refractivity contribution is 0.167. The molecule has 0 spiro atoms. The van der Waals surface area contributed by atoms with Gasteiger partial charge in [0.05, 0.1) is 24.1 Å². The van der Waals surface area contributed by atoms with Gasteiger partial charge in [0.15, 0.2) is 0 Å². The lowest BCUT2D eigenvalue weighted by Gasteiger charge is -2.15. The summed E-state index contributed by atoms with van der Waals surface area (Å²) < 4.78 is 6.20. The molecule has 3 rings (SSSR count). The number of para-hydroxylation sites is 1. The van der Waals surface area contributed by atoms with Crippen molar-refractivity contribution in [2.45, 2.75) is 13.5 Å². The zero-order valence-corrected chi connectivity index (χ0v) is 15.3. The van der Waals surface area contributed by atoms with Crippen molar-refractivity contribution in [3.05, 3.63) is 68.4 Å². The number of aromatic nitrogens is 2. The van der Waals surface area contributed by atoms with Crippen LogP contribution in [0.4, 0.5) is 10.7 Å². The van der Waals surface area contributed by atoms with E-state index in [9.17, 15) is 9.59 Å². The number of hydrogen-bond acceptors (Lipinski definition) is 4. The van der Waals surface area contributed by atoms with Gasteiger partial charge in [0, 0.05) is 15.6 Å². The molecule has 1 amide bonds. The highest BCUT2D eigenvalue weighted by Crippen LogP contribution is 2.26. The summed E-state index contributed by atoms with van der Waals surface area (Å²) in [5.74, 6) is 0.0585. The Balaban J connectivity index is 2.16. The van der Waals surface area contributed by atoms with Crippen molar-refractivity contribution < 1.29 is 9.53 Å². The first kappa shape index (κ1) is 18.2. The lowest BCUT2D eigenvalue weighted by atomic mass is 10.2. The van der Waals surface area contributed by atoms with Crippen molar-refractivity contribution in [1.29, 1.82) is 0 Å². The number of rotatable bonds is 4. The zero-order valence-electron chi connectivity index (χ0n) is 13.8. The fraction of sp³-hybridized carbons (Fsp3) is 0.167. The zero-order chi connectivity index (χ0) is 18.7. The minimum atomic E-state index is -0.700. The normalized spacial score (nSPS) is 10.7. The second kappa shape index (κ2) is 7.76. The summed E-state index contributed by atoms with van der Waals surface area (Å²) in [7, 11) is 0. The predicted octanol–water partition coefficient (Wildman–Crippen LogP) is 4.32. The largest absolute Gasteiger partial charge is 0.450 e. The quantitative estimate of drug-likeness (QED) is 0.718. The third-order valence-electron chi connectivity index (χ3n) is 3.73. The van der Waals surface area contributed by atoms with Crippen molar-refractivity contribution in [3.8, 4) is 0 Å². The Morgan fingerprint density at radius 2 is 1.85 bits per heavy atom. The number of nitrogens with one attached hydrogen (secondary N) is 1. The van der Waals surface area contributed by atoms with E-state index in [1.54, 1.807) is 49.4 Å². The molecule has 2 aromatic carbocycles. The summed E-state index contributed by atoms with van der Waals surface area (Å²) in [5, 5.41) is 3.76. The minimum absolute atomic E-state index is 0.0525. The van der Waals surface area contributed by atoms with Crippen LogP contribution in [0.1, 0.15) is 12.5 Å². The van der Waals surface area contributed by atoms with Crippen LogP contribution in [0.15, 0.2) is 47.3 Å². The number of benzene rings is 2. The van der Waals surface area contributed by atoms with E-state index in [1.165, 1.54) is 4.57 Å². The Bertz CT molecular complexity index is 1010. The molecule has 134 valence electrons. The molecular weight excluding hydrogens is 377 g/mol. The SMILES string of the molecule is CCOC(=O)Nc1nc2ccccc2c(=O)n1Cc1c(Cl)cccc1Cl. The van der Waals surface area contributed by atoms with Gasteiger partial charge in [-0.3, -0.25) is 14.7 Å². The molecule has 1 heterocycles. The van der Waals surface area contributed by atoms with E-state index in [2.05, 4.69) is 10.3 Å². The number of fused-ring (bicyclic) bond motifs is 1. The van der Waals surface area contributed by atoms with Gasteiger partial charge >= 0.3 is 6.09 Å². The summed E-state index contributed by atoms with van der Waals surface area (Å²) >= 11 is 12.5. The summed E-state index contributed by atoms with van der Waals surface area (Å²) in [6.45, 7) is 1.93. The van der Waals surface area contributed by atoms with Crippen LogP contribution in [0.2, 0.25) is 10.0 Å². The molecule has 0 aliphatic rings. The molecule has 0 saturated carbocycles. The number of amides is 1. The average molecular weight is 392 g/mol. The van der Waals surface area contributed by atoms with E-state index in [4.69, 9.17) is 27.9 Å². The first-order chi connectivity index (χ1) is 12.5. The van der Waals surface area contributed by atoms with E-state index < -0.39 is 6.09 Å². The van der Waals surface area contributed by atoms with Gasteiger partial charge in [-0.25, -0.2) is 9.78 Å². The maximum atomic E-state index is 13.0. The van der Waals surface area contributed by atoms with E-state index >= 15 is 0 Å². The van der Waals surface area contributed by atoms with Gasteiger partial charge in [0.1, 0.15) is 0 Å². The van der Waals surface area contributed by atoms with Crippen LogP contribution in [-0.2, 0) is 11.3 Å². The van der Waals surface area contributed by atoms with Gasteiger partial charge in [0.25, 0.3) is 5.56 Å². The van der Waals surface area contributed by atoms with Crippen LogP contribution < -0.4 is 10.9 Å². The molecule has 26 heavy (non-hydrogen) atoms. The maximum absolute atomic E-state index is 13.0. The molecule has 0 atom stereocenters. The molecule has 6 nitrogen and oxygen atoms in total. The first-order valence-corrected chi connectivity index (χ1v) is 8.63. The van der Waals surface area contributed by atoms with Gasteiger partial charge in [-0.15, -0.1) is 0 Å². The number of carbonyl (C=O) groups is 1. The van der Waals surface area contributed by atoms with Crippen molar-refractivity contribution in [2.24, 2.45) is 0 Å². The van der Waals surface area contributed by atoms with Gasteiger partial charge in [-0.1, -0.05) is 41.4 Å². The Morgan fingerprint density at radius 3 is 2.54 bits per heavy atom. The molecule has 0 radical (unpaired) electrons. The Kier molecular flexibility index (Phi) is 5.44. The van der Waals surface area contributed by atoms with E-state index in [-0.39, 0.29) is 24.7 Å². The third-order valence-corrected chi connectivity index (χ3v) is 4.44. The van der Waals surface area contributed by atoms with Gasteiger partial charge in [-0.05, 0) is 31.2 Å². The van der Waals surface area contributed by atoms with Crippen molar-refractivity contribution in [1.82, 2.24) is 9.55 Å². The second-order valence-corrected chi connectivity index (χ2v) is 6.20. The monoisotopic (exact) mass is 391 g/mol. The molecule has 1 N–H and O–H groups in total. The number of carbonyl (C=O) groups excluding carboxylic acids is 1. The topological polar surface area (TPSA) is 73.2 Å². The van der Waals surface area contributed by atoms with Crippen LogP contribution >= 0.6 is 23.2 Å². The van der Waals surface area contributed by atoms with E-state index in [0.29, 0.717) is 26.5 Å². The minimum Gasteiger partial charge on any atom is -0.450 e. The molecule has 0 aliphatic carbocycles. The maximum Gasteiger partial charge on any atom is 0.413 e. The molecule has 0 saturated heterocycles. The molecule has 0 bridgehead atoms. The summed E-state index contributed by atoms with van der Waals surface area (Å²) in [5.41, 5.74) is 0.700. The smallest absolute Gasteiger partial charge is 0.413 e. The number of ether oxygens (including phenoxy) is 1. The standard InChI is InChI=1S/C18H15Cl2N3O3/c1-2-26-18(25)22-17-21-15-9-4-3-6-11(15)16(24)23(17)10-12-13(19)7-5-8-14(12)20/h3-9H,2,10H2,1H3,(H,21,22,25).